The first-order valence-corrected chi connectivity index (χ1v) is 7.64. The second-order valence-corrected chi connectivity index (χ2v) is 5.09. The number of carbonyl (C=O) groups excluding carboxylic acids is 1. The molecule has 7 heteroatoms. The molecule has 0 bridgehead atoms. The van der Waals surface area contributed by atoms with Crippen molar-refractivity contribution in [2.45, 2.75) is 25.3 Å². The second kappa shape index (κ2) is 10.0. The largest absolute Gasteiger partial charge is 0.492 e. The van der Waals surface area contributed by atoms with Crippen LogP contribution in [0, 0.1) is 0 Å². The van der Waals surface area contributed by atoms with E-state index in [9.17, 15) is 9.59 Å². The minimum Gasteiger partial charge on any atom is -0.492 e. The van der Waals surface area contributed by atoms with E-state index in [-0.39, 0.29) is 0 Å². The molecule has 0 spiro atoms. The van der Waals surface area contributed by atoms with E-state index in [0.717, 1.165) is 6.42 Å². The maximum atomic E-state index is 12.1. The van der Waals surface area contributed by atoms with Gasteiger partial charge in [0.1, 0.15) is 18.4 Å². The van der Waals surface area contributed by atoms with Crippen LogP contribution in [-0.4, -0.2) is 42.1 Å². The number of alkyl halides is 1. The molecule has 6 nitrogen and oxygen atoms in total. The lowest BCUT2D eigenvalue weighted by molar-refractivity contribution is -0.139. The Kier molecular flexibility index (Phi) is 8.32. The monoisotopic (exact) mass is 328 g/mol. The number of rotatable bonds is 10. The molecular formula is C15H21ClN2O4. The Bertz CT molecular complexity index is 479. The standard InChI is InChI=1S/C15H21ClN2O4/c16-8-10-22-12-6-4-11(5-7-12)14(19)18-13(15(20)21)3-1-2-9-17/h4-7,13H,1-3,8-10,17H2,(H,18,19)(H,20,21)/t13-/m0/s1. The van der Waals surface area contributed by atoms with Gasteiger partial charge in [-0.15, -0.1) is 11.6 Å². The zero-order chi connectivity index (χ0) is 16.4. The molecule has 0 saturated carbocycles. The third-order valence-corrected chi connectivity index (χ3v) is 3.17. The minimum atomic E-state index is -1.05. The summed E-state index contributed by atoms with van der Waals surface area (Å²) in [6.07, 6.45) is 1.74. The number of benzene rings is 1. The van der Waals surface area contributed by atoms with Crippen molar-refractivity contribution in [3.8, 4) is 5.75 Å². The smallest absolute Gasteiger partial charge is 0.326 e. The molecule has 0 aliphatic carbocycles. The van der Waals surface area contributed by atoms with Crippen LogP contribution in [-0.2, 0) is 4.79 Å². The number of carboxylic acid groups (broad SMARTS) is 1. The third-order valence-electron chi connectivity index (χ3n) is 3.01. The Labute approximate surface area is 134 Å². The highest BCUT2D eigenvalue weighted by Gasteiger charge is 2.20. The van der Waals surface area contributed by atoms with Crippen molar-refractivity contribution in [2.75, 3.05) is 19.0 Å². The fourth-order valence-electron chi connectivity index (χ4n) is 1.85. The number of halogens is 1. The topological polar surface area (TPSA) is 102 Å². The Morgan fingerprint density at radius 2 is 1.95 bits per heavy atom. The third kappa shape index (κ3) is 6.32. The zero-order valence-corrected chi connectivity index (χ0v) is 13.0. The van der Waals surface area contributed by atoms with Gasteiger partial charge in [0, 0.05) is 5.56 Å². The zero-order valence-electron chi connectivity index (χ0n) is 12.3. The Balaban J connectivity index is 2.59. The summed E-state index contributed by atoms with van der Waals surface area (Å²) in [5, 5.41) is 11.6. The van der Waals surface area contributed by atoms with Crippen LogP contribution in [0.25, 0.3) is 0 Å². The number of amides is 1. The molecule has 0 unspecified atom stereocenters. The fourth-order valence-corrected chi connectivity index (χ4v) is 1.93. The number of hydrogen-bond acceptors (Lipinski definition) is 4. The normalized spacial score (nSPS) is 11.7. The second-order valence-electron chi connectivity index (χ2n) is 4.71. The lowest BCUT2D eigenvalue weighted by Gasteiger charge is -2.14. The molecule has 0 saturated heterocycles. The maximum absolute atomic E-state index is 12.1. The predicted octanol–water partition coefficient (Wildman–Crippen LogP) is 1.62. The van der Waals surface area contributed by atoms with Crippen molar-refractivity contribution in [3.05, 3.63) is 29.8 Å². The van der Waals surface area contributed by atoms with E-state index in [1.165, 1.54) is 0 Å². The predicted molar refractivity (Wildman–Crippen MR) is 84.5 cm³/mol. The SMILES string of the molecule is NCCCC[C@H](NC(=O)c1ccc(OCCCl)cc1)C(=O)O. The summed E-state index contributed by atoms with van der Waals surface area (Å²) >= 11 is 5.52. The number of ether oxygens (including phenoxy) is 1. The van der Waals surface area contributed by atoms with Gasteiger partial charge in [-0.25, -0.2) is 4.79 Å². The molecule has 22 heavy (non-hydrogen) atoms. The summed E-state index contributed by atoms with van der Waals surface area (Å²) in [4.78, 5) is 23.2. The number of aliphatic carboxylic acids is 1. The van der Waals surface area contributed by atoms with Gasteiger partial charge in [0.05, 0.1) is 5.88 Å². The van der Waals surface area contributed by atoms with Gasteiger partial charge in [-0.2, -0.15) is 0 Å². The van der Waals surface area contributed by atoms with Crippen LogP contribution in [0.4, 0.5) is 0 Å². The summed E-state index contributed by atoms with van der Waals surface area (Å²) in [6, 6.07) is 5.54. The molecule has 0 radical (unpaired) electrons. The molecule has 0 heterocycles. The molecule has 122 valence electrons. The van der Waals surface area contributed by atoms with Crippen molar-refractivity contribution in [3.63, 3.8) is 0 Å². The quantitative estimate of drug-likeness (QED) is 0.447. The highest BCUT2D eigenvalue weighted by molar-refractivity contribution is 6.18. The molecule has 1 rings (SSSR count). The number of nitrogens with one attached hydrogen (secondary N) is 1. The molecule has 0 aliphatic heterocycles. The maximum Gasteiger partial charge on any atom is 0.326 e. The van der Waals surface area contributed by atoms with Gasteiger partial charge in [-0.3, -0.25) is 4.79 Å². The first-order chi connectivity index (χ1) is 10.6. The van der Waals surface area contributed by atoms with Crippen LogP contribution in [0.5, 0.6) is 5.75 Å². The van der Waals surface area contributed by atoms with E-state index in [0.29, 0.717) is 43.2 Å². The molecule has 4 N–H and O–H groups in total. The van der Waals surface area contributed by atoms with Crippen LogP contribution in [0.2, 0.25) is 0 Å². The molecule has 1 aromatic rings. The van der Waals surface area contributed by atoms with Crippen LogP contribution in [0.1, 0.15) is 29.6 Å². The van der Waals surface area contributed by atoms with Gasteiger partial charge < -0.3 is 20.9 Å². The summed E-state index contributed by atoms with van der Waals surface area (Å²) in [5.74, 6) is -0.489. The average Bonchev–Trinajstić information content (AvgIpc) is 2.52. The number of carboxylic acids is 1. The van der Waals surface area contributed by atoms with Crippen molar-refractivity contribution in [1.29, 1.82) is 0 Å². The Hall–Kier alpha value is -1.79. The highest BCUT2D eigenvalue weighted by Crippen LogP contribution is 2.13. The number of nitrogens with two attached hydrogens (primary N) is 1. The Morgan fingerprint density at radius 3 is 2.50 bits per heavy atom. The average molecular weight is 329 g/mol. The van der Waals surface area contributed by atoms with Crippen molar-refractivity contribution in [2.24, 2.45) is 5.73 Å². The van der Waals surface area contributed by atoms with Gasteiger partial charge in [-0.1, -0.05) is 0 Å². The van der Waals surface area contributed by atoms with E-state index < -0.39 is 17.9 Å². The van der Waals surface area contributed by atoms with E-state index in [1.807, 2.05) is 0 Å². The van der Waals surface area contributed by atoms with Gasteiger partial charge in [0.15, 0.2) is 0 Å². The molecule has 1 atom stereocenters. The van der Waals surface area contributed by atoms with Crippen molar-refractivity contribution in [1.82, 2.24) is 5.32 Å². The lowest BCUT2D eigenvalue weighted by Crippen LogP contribution is -2.40. The Morgan fingerprint density at radius 1 is 1.27 bits per heavy atom. The highest BCUT2D eigenvalue weighted by atomic mass is 35.5. The van der Waals surface area contributed by atoms with Crippen LogP contribution in [0.3, 0.4) is 0 Å². The summed E-state index contributed by atoms with van der Waals surface area (Å²) in [6.45, 7) is 0.888. The summed E-state index contributed by atoms with van der Waals surface area (Å²) < 4.78 is 5.31. The van der Waals surface area contributed by atoms with Crippen LogP contribution in [0.15, 0.2) is 24.3 Å². The molecule has 0 aliphatic rings. The molecule has 1 aromatic carbocycles. The van der Waals surface area contributed by atoms with E-state index in [4.69, 9.17) is 27.2 Å². The molecule has 0 aromatic heterocycles. The summed E-state index contributed by atoms with van der Waals surface area (Å²) in [5.41, 5.74) is 5.76. The fraction of sp³-hybridized carbons (Fsp3) is 0.467. The van der Waals surface area contributed by atoms with Gasteiger partial charge >= 0.3 is 5.97 Å². The van der Waals surface area contributed by atoms with Gasteiger partial charge in [-0.05, 0) is 50.1 Å². The summed E-state index contributed by atoms with van der Waals surface area (Å²) in [7, 11) is 0. The first kappa shape index (κ1) is 18.3. The van der Waals surface area contributed by atoms with E-state index in [1.54, 1.807) is 24.3 Å². The lowest BCUT2D eigenvalue weighted by atomic mass is 10.1. The van der Waals surface area contributed by atoms with Crippen molar-refractivity contribution >= 4 is 23.5 Å². The van der Waals surface area contributed by atoms with E-state index in [2.05, 4.69) is 5.32 Å². The number of unbranched alkanes of at least 4 members (excludes halogenated alkanes) is 1. The van der Waals surface area contributed by atoms with Crippen LogP contribution >= 0.6 is 11.6 Å². The minimum absolute atomic E-state index is 0.356. The number of hydrogen-bond donors (Lipinski definition) is 3. The van der Waals surface area contributed by atoms with Gasteiger partial charge in [0.2, 0.25) is 0 Å². The molecular weight excluding hydrogens is 308 g/mol. The van der Waals surface area contributed by atoms with Gasteiger partial charge in [0.25, 0.3) is 5.91 Å². The van der Waals surface area contributed by atoms with Crippen LogP contribution < -0.4 is 15.8 Å². The molecule has 0 fully saturated rings. The first-order valence-electron chi connectivity index (χ1n) is 7.11. The molecule has 1 amide bonds. The van der Waals surface area contributed by atoms with E-state index >= 15 is 0 Å². The van der Waals surface area contributed by atoms with Crippen molar-refractivity contribution < 1.29 is 19.4 Å². The number of carbonyl (C=O) groups is 2.